The topological polar surface area (TPSA) is 99.4 Å². The molecule has 6 unspecified atom stereocenters. The lowest BCUT2D eigenvalue weighted by Crippen LogP contribution is -2.55. The monoisotopic (exact) mass is 492 g/mol. The van der Waals surface area contributed by atoms with Gasteiger partial charge in [0.15, 0.2) is 0 Å². The minimum Gasteiger partial charge on any atom is -0.494 e. The van der Waals surface area contributed by atoms with E-state index in [-0.39, 0.29) is 0 Å². The second kappa shape index (κ2) is 12.9. The van der Waals surface area contributed by atoms with Gasteiger partial charge in [0, 0.05) is 5.02 Å². The number of ether oxygens (including phenoxy) is 2. The fraction of sp³-hybridized carbons (Fsp3) is 0.556. The molecule has 1 heterocycles. The van der Waals surface area contributed by atoms with Crippen LogP contribution in [0.15, 0.2) is 42.5 Å². The van der Waals surface area contributed by atoms with Crippen molar-refractivity contribution in [3.05, 3.63) is 64.2 Å². The summed E-state index contributed by atoms with van der Waals surface area (Å²) in [5.74, 6) is 1.55. The summed E-state index contributed by atoms with van der Waals surface area (Å²) >= 11 is 6.44. The van der Waals surface area contributed by atoms with Gasteiger partial charge in [0.1, 0.15) is 36.3 Å². The van der Waals surface area contributed by atoms with Crippen molar-refractivity contribution in [3.63, 3.8) is 0 Å². The van der Waals surface area contributed by atoms with Gasteiger partial charge in [-0.05, 0) is 53.6 Å². The van der Waals surface area contributed by atoms with Crippen LogP contribution < -0.4 is 4.74 Å². The van der Waals surface area contributed by atoms with E-state index >= 15 is 0 Å². The van der Waals surface area contributed by atoms with Crippen molar-refractivity contribution in [3.8, 4) is 5.75 Å². The van der Waals surface area contributed by atoms with Gasteiger partial charge < -0.3 is 29.9 Å². The number of aliphatic hydroxyl groups is 4. The first-order valence-corrected chi connectivity index (χ1v) is 12.6. The lowest BCUT2D eigenvalue weighted by molar-refractivity contribution is -0.231. The molecule has 2 aromatic carbocycles. The normalized spacial score (nSPS) is 25.8. The predicted octanol–water partition coefficient (Wildman–Crippen LogP) is 4.04. The Morgan fingerprint density at radius 1 is 0.971 bits per heavy atom. The quantitative estimate of drug-likeness (QED) is 0.378. The molecule has 0 bridgehead atoms. The molecule has 0 aromatic heterocycles. The summed E-state index contributed by atoms with van der Waals surface area (Å²) in [5, 5.41) is 40.6. The molecule has 0 radical (unpaired) electrons. The largest absolute Gasteiger partial charge is 0.494 e. The zero-order valence-corrected chi connectivity index (χ0v) is 20.7. The molecule has 7 heteroatoms. The molecule has 2 aromatic rings. The lowest BCUT2D eigenvalue weighted by Gasteiger charge is -2.40. The number of benzene rings is 2. The van der Waals surface area contributed by atoms with Crippen LogP contribution in [-0.2, 0) is 11.2 Å². The second-order valence-electron chi connectivity index (χ2n) is 9.12. The minimum atomic E-state index is -1.42. The van der Waals surface area contributed by atoms with Gasteiger partial charge in [0.05, 0.1) is 13.2 Å². The minimum absolute atomic E-state index is 0.464. The molecule has 6 nitrogen and oxygen atoms in total. The Balaban J connectivity index is 1.65. The first kappa shape index (κ1) is 26.9. The molecule has 188 valence electrons. The van der Waals surface area contributed by atoms with E-state index in [0.29, 0.717) is 29.5 Å². The Morgan fingerprint density at radius 3 is 2.35 bits per heavy atom. The van der Waals surface area contributed by atoms with Crippen molar-refractivity contribution in [1.82, 2.24) is 0 Å². The van der Waals surface area contributed by atoms with Gasteiger partial charge in [-0.3, -0.25) is 0 Å². The Morgan fingerprint density at radius 2 is 1.71 bits per heavy atom. The fourth-order valence-electron chi connectivity index (χ4n) is 4.51. The lowest BCUT2D eigenvalue weighted by atomic mass is 9.90. The van der Waals surface area contributed by atoms with E-state index in [4.69, 9.17) is 21.1 Å². The van der Waals surface area contributed by atoms with Crippen molar-refractivity contribution in [1.29, 1.82) is 0 Å². The van der Waals surface area contributed by atoms with Gasteiger partial charge in [-0.2, -0.15) is 0 Å². The average Bonchev–Trinajstić information content (AvgIpc) is 2.85. The molecular formula is C27H37ClO6. The number of aliphatic hydroxyl groups excluding tert-OH is 4. The summed E-state index contributed by atoms with van der Waals surface area (Å²) in [4.78, 5) is 0. The highest BCUT2D eigenvalue weighted by molar-refractivity contribution is 6.31. The fourth-order valence-corrected chi connectivity index (χ4v) is 4.70. The van der Waals surface area contributed by atoms with Crippen LogP contribution in [0.2, 0.25) is 5.02 Å². The molecule has 6 atom stereocenters. The van der Waals surface area contributed by atoms with E-state index in [2.05, 4.69) is 13.8 Å². The first-order valence-electron chi connectivity index (χ1n) is 12.2. The highest BCUT2D eigenvalue weighted by Gasteiger charge is 2.44. The standard InChI is InChI=1S/C27H37ClO6/c1-3-5-17(4-2)12-13-33-21-9-6-18(7-10-21)14-20-15-19(8-11-22(20)28)27-26(32)25(31)24(30)23(16-29)34-27/h6-11,15,17,23-27,29-32H,3-5,12-14,16H2,1-2H3. The molecule has 34 heavy (non-hydrogen) atoms. The Kier molecular flexibility index (Phi) is 10.2. The Hall–Kier alpha value is -1.67. The molecule has 0 amide bonds. The van der Waals surface area contributed by atoms with E-state index < -0.39 is 37.1 Å². The van der Waals surface area contributed by atoms with Gasteiger partial charge in [0.25, 0.3) is 0 Å². The molecule has 1 saturated heterocycles. The molecule has 1 aliphatic heterocycles. The van der Waals surface area contributed by atoms with Crippen LogP contribution >= 0.6 is 11.6 Å². The summed E-state index contributed by atoms with van der Waals surface area (Å²) in [7, 11) is 0. The molecule has 4 N–H and O–H groups in total. The van der Waals surface area contributed by atoms with Crippen molar-refractivity contribution in [2.45, 2.75) is 76.5 Å². The third kappa shape index (κ3) is 6.72. The molecule has 0 aliphatic carbocycles. The zero-order valence-electron chi connectivity index (χ0n) is 19.9. The molecule has 1 aliphatic rings. The number of rotatable bonds is 11. The smallest absolute Gasteiger partial charge is 0.119 e. The van der Waals surface area contributed by atoms with Crippen LogP contribution in [-0.4, -0.2) is 58.1 Å². The van der Waals surface area contributed by atoms with E-state index in [9.17, 15) is 20.4 Å². The van der Waals surface area contributed by atoms with Crippen LogP contribution in [0.3, 0.4) is 0 Å². The maximum atomic E-state index is 10.4. The van der Waals surface area contributed by atoms with Crippen molar-refractivity contribution in [2.75, 3.05) is 13.2 Å². The predicted molar refractivity (Wildman–Crippen MR) is 132 cm³/mol. The van der Waals surface area contributed by atoms with Gasteiger partial charge in [-0.15, -0.1) is 0 Å². The number of hydrogen-bond donors (Lipinski definition) is 4. The van der Waals surface area contributed by atoms with Crippen LogP contribution in [0.5, 0.6) is 5.75 Å². The van der Waals surface area contributed by atoms with Crippen LogP contribution in [0.4, 0.5) is 0 Å². The third-order valence-electron chi connectivity index (χ3n) is 6.68. The van der Waals surface area contributed by atoms with E-state index in [1.165, 1.54) is 19.3 Å². The average molecular weight is 493 g/mol. The molecular weight excluding hydrogens is 456 g/mol. The maximum Gasteiger partial charge on any atom is 0.119 e. The molecule has 1 fully saturated rings. The number of hydrogen-bond acceptors (Lipinski definition) is 6. The van der Waals surface area contributed by atoms with E-state index in [0.717, 1.165) is 23.3 Å². The summed E-state index contributed by atoms with van der Waals surface area (Å²) in [6.45, 7) is 4.69. The van der Waals surface area contributed by atoms with Gasteiger partial charge in [-0.1, -0.05) is 69.0 Å². The zero-order chi connectivity index (χ0) is 24.7. The highest BCUT2D eigenvalue weighted by atomic mass is 35.5. The summed E-state index contributed by atoms with van der Waals surface area (Å²) in [5.41, 5.74) is 2.52. The maximum absolute atomic E-state index is 10.4. The second-order valence-corrected chi connectivity index (χ2v) is 9.53. The highest BCUT2D eigenvalue weighted by Crippen LogP contribution is 2.34. The van der Waals surface area contributed by atoms with Gasteiger partial charge in [0.2, 0.25) is 0 Å². The van der Waals surface area contributed by atoms with Gasteiger partial charge >= 0.3 is 0 Å². The van der Waals surface area contributed by atoms with Crippen molar-refractivity contribution < 1.29 is 29.9 Å². The van der Waals surface area contributed by atoms with Crippen molar-refractivity contribution >= 4 is 11.6 Å². The van der Waals surface area contributed by atoms with E-state index in [1.807, 2.05) is 30.3 Å². The molecule has 0 spiro atoms. The number of halogens is 1. The summed E-state index contributed by atoms with van der Waals surface area (Å²) < 4.78 is 11.6. The first-order chi connectivity index (χ1) is 16.4. The SMILES string of the molecule is CCCC(CC)CCOc1ccc(Cc2cc(C3OC(CO)C(O)C(O)C3O)ccc2Cl)cc1. The molecule has 0 saturated carbocycles. The molecule has 3 rings (SSSR count). The van der Waals surface area contributed by atoms with Crippen LogP contribution in [0.1, 0.15) is 62.3 Å². The summed E-state index contributed by atoms with van der Waals surface area (Å²) in [6.07, 6.45) is -0.723. The van der Waals surface area contributed by atoms with Gasteiger partial charge in [-0.25, -0.2) is 0 Å². The van der Waals surface area contributed by atoms with Crippen LogP contribution in [0.25, 0.3) is 0 Å². The third-order valence-corrected chi connectivity index (χ3v) is 7.05. The Bertz CT molecular complexity index is 887. The Labute approximate surface area is 207 Å². The van der Waals surface area contributed by atoms with Crippen molar-refractivity contribution in [2.24, 2.45) is 5.92 Å². The summed E-state index contributed by atoms with van der Waals surface area (Å²) in [6, 6.07) is 13.2. The van der Waals surface area contributed by atoms with E-state index in [1.54, 1.807) is 12.1 Å². The van der Waals surface area contributed by atoms with Crippen LogP contribution in [0, 0.1) is 5.92 Å².